The molecule has 33 heavy (non-hydrogen) atoms. The second kappa shape index (κ2) is 10.8. The molecular weight excluding hydrogens is 458 g/mol. The Bertz CT molecular complexity index is 1080. The number of hydrogen-bond donors (Lipinski definition) is 0. The van der Waals surface area contributed by atoms with Gasteiger partial charge in [0.2, 0.25) is 5.95 Å². The number of amides is 1. The summed E-state index contributed by atoms with van der Waals surface area (Å²) >= 11 is 3.30. The van der Waals surface area contributed by atoms with Crippen molar-refractivity contribution < 1.29 is 14.3 Å². The number of rotatable bonds is 7. The lowest BCUT2D eigenvalue weighted by Gasteiger charge is -2.35. The average molecular weight is 484 g/mol. The van der Waals surface area contributed by atoms with Crippen LogP contribution in [0.25, 0.3) is 0 Å². The van der Waals surface area contributed by atoms with E-state index in [1.54, 1.807) is 65.5 Å². The molecule has 1 fully saturated rings. The maximum atomic E-state index is 12.8. The van der Waals surface area contributed by atoms with Crippen LogP contribution in [0.4, 0.5) is 5.95 Å². The minimum absolute atomic E-state index is 0.192. The van der Waals surface area contributed by atoms with Crippen LogP contribution in [0.1, 0.15) is 28.0 Å². The number of piperazine rings is 1. The van der Waals surface area contributed by atoms with E-state index >= 15 is 0 Å². The largest absolute Gasteiger partial charge is 0.449 e. The molecule has 0 bridgehead atoms. The normalized spacial score (nSPS) is 14.7. The quantitative estimate of drug-likeness (QED) is 0.373. The molecule has 0 spiro atoms. The number of hydrogen-bond acceptors (Lipinski definition) is 9. The number of thioether (sulfide) groups is 1. The highest BCUT2D eigenvalue weighted by Gasteiger charge is 2.28. The van der Waals surface area contributed by atoms with Crippen LogP contribution in [-0.4, -0.2) is 64.0 Å². The van der Waals surface area contributed by atoms with Gasteiger partial charge in [-0.2, -0.15) is 0 Å². The molecule has 0 saturated carbocycles. The topological polar surface area (TPSA) is 88.5 Å². The highest BCUT2D eigenvalue weighted by molar-refractivity contribution is 7.98. The molecule has 10 heteroatoms. The van der Waals surface area contributed by atoms with E-state index < -0.39 is 12.1 Å². The van der Waals surface area contributed by atoms with Crippen LogP contribution >= 0.6 is 23.1 Å². The number of aromatic nitrogens is 3. The van der Waals surface area contributed by atoms with Crippen molar-refractivity contribution in [2.45, 2.75) is 30.6 Å². The maximum absolute atomic E-state index is 12.8. The Morgan fingerprint density at radius 1 is 1.12 bits per heavy atom. The van der Waals surface area contributed by atoms with Crippen molar-refractivity contribution in [1.29, 1.82) is 0 Å². The zero-order chi connectivity index (χ0) is 23.2. The van der Waals surface area contributed by atoms with Crippen LogP contribution in [0.3, 0.4) is 0 Å². The lowest BCUT2D eigenvalue weighted by atomic mass is 10.2. The number of benzene rings is 1. The standard InChI is InChI=1S/C23H25N5O3S2/c1-16(21(29)27-10-12-28(13-11-27)23-24-8-3-9-25-23)31-22(30)18-4-6-20(7-5-18)33-15-19-14-32-17(2)26-19/h3-9,14,16H,10-13,15H2,1-2H3. The van der Waals surface area contributed by atoms with Gasteiger partial charge in [-0.1, -0.05) is 0 Å². The van der Waals surface area contributed by atoms with Crippen molar-refractivity contribution >= 4 is 40.9 Å². The Morgan fingerprint density at radius 2 is 1.82 bits per heavy atom. The van der Waals surface area contributed by atoms with Gasteiger partial charge in [0.05, 0.1) is 16.3 Å². The van der Waals surface area contributed by atoms with E-state index in [4.69, 9.17) is 4.74 Å². The number of ether oxygens (including phenoxy) is 1. The van der Waals surface area contributed by atoms with E-state index in [0.717, 1.165) is 21.3 Å². The van der Waals surface area contributed by atoms with Crippen LogP contribution in [0.15, 0.2) is 53.0 Å². The summed E-state index contributed by atoms with van der Waals surface area (Å²) in [5, 5.41) is 3.11. The fourth-order valence-corrected chi connectivity index (χ4v) is 4.95. The monoisotopic (exact) mass is 483 g/mol. The number of carbonyl (C=O) groups excluding carboxylic acids is 2. The average Bonchev–Trinajstić information content (AvgIpc) is 3.28. The van der Waals surface area contributed by atoms with Crippen LogP contribution in [-0.2, 0) is 15.3 Å². The third-order valence-electron chi connectivity index (χ3n) is 5.20. The van der Waals surface area contributed by atoms with Crippen LogP contribution in [0.5, 0.6) is 0 Å². The summed E-state index contributed by atoms with van der Waals surface area (Å²) in [6, 6.07) is 9.00. The molecule has 2 aromatic heterocycles. The van der Waals surface area contributed by atoms with Gasteiger partial charge in [-0.3, -0.25) is 4.79 Å². The van der Waals surface area contributed by atoms with E-state index in [9.17, 15) is 9.59 Å². The summed E-state index contributed by atoms with van der Waals surface area (Å²) in [6.45, 7) is 5.94. The number of carbonyl (C=O) groups is 2. The van der Waals surface area contributed by atoms with E-state index in [1.807, 2.05) is 24.0 Å². The summed E-state index contributed by atoms with van der Waals surface area (Å²) in [5.41, 5.74) is 1.48. The molecule has 1 saturated heterocycles. The maximum Gasteiger partial charge on any atom is 0.338 e. The Labute approximate surface area is 201 Å². The third kappa shape index (κ3) is 6.08. The van der Waals surface area contributed by atoms with Gasteiger partial charge in [0.15, 0.2) is 6.10 Å². The van der Waals surface area contributed by atoms with Gasteiger partial charge in [0, 0.05) is 54.6 Å². The fraction of sp³-hybridized carbons (Fsp3) is 0.348. The van der Waals surface area contributed by atoms with Gasteiger partial charge in [0.25, 0.3) is 5.91 Å². The molecule has 0 aliphatic carbocycles. The van der Waals surface area contributed by atoms with Gasteiger partial charge in [-0.15, -0.1) is 23.1 Å². The van der Waals surface area contributed by atoms with Crippen LogP contribution in [0.2, 0.25) is 0 Å². The Balaban J connectivity index is 1.25. The Hall–Kier alpha value is -2.98. The zero-order valence-electron chi connectivity index (χ0n) is 18.5. The molecule has 1 amide bonds. The summed E-state index contributed by atoms with van der Waals surface area (Å²) in [4.78, 5) is 43.1. The van der Waals surface area contributed by atoms with Gasteiger partial charge >= 0.3 is 5.97 Å². The number of thiazole rings is 1. The van der Waals surface area contributed by atoms with Gasteiger partial charge in [-0.05, 0) is 44.2 Å². The fourth-order valence-electron chi connectivity index (χ4n) is 3.44. The molecule has 0 radical (unpaired) electrons. The van der Waals surface area contributed by atoms with Gasteiger partial charge < -0.3 is 14.5 Å². The number of aryl methyl sites for hydroxylation is 1. The molecule has 1 aromatic carbocycles. The van der Waals surface area contributed by atoms with Crippen molar-refractivity contribution in [3.8, 4) is 0 Å². The first-order valence-electron chi connectivity index (χ1n) is 10.6. The van der Waals surface area contributed by atoms with Crippen molar-refractivity contribution in [1.82, 2.24) is 19.9 Å². The lowest BCUT2D eigenvalue weighted by molar-refractivity contribution is -0.140. The lowest BCUT2D eigenvalue weighted by Crippen LogP contribution is -2.52. The predicted octanol–water partition coefficient (Wildman–Crippen LogP) is 3.43. The molecule has 8 nitrogen and oxygen atoms in total. The molecular formula is C23H25N5O3S2. The number of esters is 1. The molecule has 1 unspecified atom stereocenters. The predicted molar refractivity (Wildman–Crippen MR) is 129 cm³/mol. The SMILES string of the molecule is Cc1nc(CSc2ccc(C(=O)OC(C)C(=O)N3CCN(c4ncccn4)CC3)cc2)cs1. The first-order chi connectivity index (χ1) is 16.0. The third-order valence-corrected chi connectivity index (χ3v) is 7.07. The van der Waals surface area contributed by atoms with Crippen LogP contribution in [0, 0.1) is 6.92 Å². The highest BCUT2D eigenvalue weighted by atomic mass is 32.2. The number of nitrogens with zero attached hydrogens (tertiary/aromatic N) is 5. The molecule has 172 valence electrons. The molecule has 4 rings (SSSR count). The number of anilines is 1. The molecule has 1 aliphatic rings. The van der Waals surface area contributed by atoms with Crippen molar-refractivity contribution in [2.75, 3.05) is 31.1 Å². The molecule has 1 atom stereocenters. The Morgan fingerprint density at radius 3 is 2.45 bits per heavy atom. The van der Waals surface area contributed by atoms with Gasteiger partial charge in [-0.25, -0.2) is 19.7 Å². The van der Waals surface area contributed by atoms with Crippen molar-refractivity contribution in [3.05, 3.63) is 64.4 Å². The van der Waals surface area contributed by atoms with E-state index in [-0.39, 0.29) is 5.91 Å². The van der Waals surface area contributed by atoms with Crippen LogP contribution < -0.4 is 4.90 Å². The first kappa shape index (κ1) is 23.2. The van der Waals surface area contributed by atoms with Crippen molar-refractivity contribution in [2.24, 2.45) is 0 Å². The van der Waals surface area contributed by atoms with E-state index in [2.05, 4.69) is 20.3 Å². The minimum Gasteiger partial charge on any atom is -0.449 e. The minimum atomic E-state index is -0.848. The van der Waals surface area contributed by atoms with Crippen molar-refractivity contribution in [3.63, 3.8) is 0 Å². The summed E-state index contributed by atoms with van der Waals surface area (Å²) in [7, 11) is 0. The highest BCUT2D eigenvalue weighted by Crippen LogP contribution is 2.24. The second-order valence-corrected chi connectivity index (χ2v) is 9.69. The second-order valence-electron chi connectivity index (χ2n) is 7.58. The van der Waals surface area contributed by atoms with E-state index in [1.165, 1.54) is 0 Å². The first-order valence-corrected chi connectivity index (χ1v) is 12.5. The van der Waals surface area contributed by atoms with E-state index in [0.29, 0.717) is 37.7 Å². The molecule has 1 aliphatic heterocycles. The van der Waals surface area contributed by atoms with Gasteiger partial charge in [0.1, 0.15) is 0 Å². The zero-order valence-corrected chi connectivity index (χ0v) is 20.1. The molecule has 3 aromatic rings. The summed E-state index contributed by atoms with van der Waals surface area (Å²) in [5.74, 6) is 0.748. The smallest absolute Gasteiger partial charge is 0.338 e. The summed E-state index contributed by atoms with van der Waals surface area (Å²) < 4.78 is 5.45. The Kier molecular flexibility index (Phi) is 7.56. The molecule has 0 N–H and O–H groups in total. The molecule has 3 heterocycles. The summed E-state index contributed by atoms with van der Waals surface area (Å²) in [6.07, 6.45) is 2.56.